The second-order valence-corrected chi connectivity index (χ2v) is 7.96. The molecule has 116 valence electrons. The molecule has 0 aromatic heterocycles. The summed E-state index contributed by atoms with van der Waals surface area (Å²) in [7, 11) is 0. The maximum atomic E-state index is 12.0. The van der Waals surface area contributed by atoms with Crippen molar-refractivity contribution >= 4 is 33.7 Å². The predicted molar refractivity (Wildman–Crippen MR) is 86.6 cm³/mol. The Morgan fingerprint density at radius 3 is 1.95 bits per heavy atom. The van der Waals surface area contributed by atoms with Crippen molar-refractivity contribution in [2.75, 3.05) is 0 Å². The molecule has 4 heteroatoms. The molecule has 0 heterocycles. The number of benzene rings is 1. The Kier molecular flexibility index (Phi) is 3.58. The van der Waals surface area contributed by atoms with Crippen molar-refractivity contribution in [1.82, 2.24) is 0 Å². The van der Waals surface area contributed by atoms with E-state index < -0.39 is 10.5 Å². The Balaban J connectivity index is 1.81. The monoisotopic (exact) mass is 336 g/mol. The van der Waals surface area contributed by atoms with Gasteiger partial charge in [-0.2, -0.15) is 0 Å². The summed E-state index contributed by atoms with van der Waals surface area (Å²) in [5.41, 5.74) is 1.56. The van der Waals surface area contributed by atoms with E-state index in [1.54, 1.807) is 6.07 Å². The van der Waals surface area contributed by atoms with Crippen LogP contribution in [-0.2, 0) is 0 Å². The first kappa shape index (κ1) is 14.7. The average Bonchev–Trinajstić information content (AvgIpc) is 2.45. The predicted octanol–water partition coefficient (Wildman–Crippen LogP) is 4.98. The highest BCUT2D eigenvalue weighted by molar-refractivity contribution is 6.72. The Bertz CT molecular complexity index is 624. The van der Waals surface area contributed by atoms with Crippen molar-refractivity contribution in [1.29, 1.82) is 0 Å². The Labute approximate surface area is 140 Å². The molecule has 4 aliphatic carbocycles. The normalized spacial score (nSPS) is 35.6. The molecule has 0 amide bonds. The summed E-state index contributed by atoms with van der Waals surface area (Å²) in [6, 6.07) is 5.41. The molecule has 0 atom stereocenters. The van der Waals surface area contributed by atoms with Crippen molar-refractivity contribution in [3.8, 4) is 0 Å². The topological polar surface area (TPSA) is 34.1 Å². The van der Waals surface area contributed by atoms with Crippen LogP contribution in [0.25, 0.3) is 0 Å². The molecule has 1 aromatic carbocycles. The molecule has 4 bridgehead atoms. The van der Waals surface area contributed by atoms with Crippen molar-refractivity contribution in [3.05, 3.63) is 34.9 Å². The fourth-order valence-corrected chi connectivity index (χ4v) is 6.03. The van der Waals surface area contributed by atoms with Crippen LogP contribution in [0.4, 0.5) is 0 Å². The smallest absolute Gasteiger partial charge is 0.253 e. The number of carbonyl (C=O) groups excluding carboxylic acids is 2. The third-order valence-electron chi connectivity index (χ3n) is 6.09. The standard InChI is InChI=1S/C18H18Cl2O2/c19-17(21)14-3-1-2-13(16(14)18(20)22)15-11-5-9-4-10(7-11)8-12(15)6-9/h1-3,9-12,15H,4-8H2. The van der Waals surface area contributed by atoms with Crippen molar-refractivity contribution in [3.63, 3.8) is 0 Å². The molecular formula is C18H18Cl2O2. The molecule has 0 unspecified atom stereocenters. The minimum Gasteiger partial charge on any atom is -0.276 e. The van der Waals surface area contributed by atoms with Crippen LogP contribution in [0.1, 0.15) is 64.3 Å². The number of hydrogen-bond donors (Lipinski definition) is 0. The SMILES string of the molecule is O=C(Cl)c1cccc(C2C3CC4CC(C3)CC2C4)c1C(=O)Cl. The molecule has 1 aromatic rings. The summed E-state index contributed by atoms with van der Waals surface area (Å²) >= 11 is 11.5. The van der Waals surface area contributed by atoms with E-state index in [1.807, 2.05) is 12.1 Å². The third-order valence-corrected chi connectivity index (χ3v) is 6.48. The summed E-state index contributed by atoms with van der Waals surface area (Å²) in [5.74, 6) is 3.36. The molecular weight excluding hydrogens is 319 g/mol. The molecule has 4 aliphatic rings. The van der Waals surface area contributed by atoms with Gasteiger partial charge in [-0.25, -0.2) is 0 Å². The zero-order valence-electron chi connectivity index (χ0n) is 12.2. The maximum absolute atomic E-state index is 12.0. The molecule has 0 aliphatic heterocycles. The Hall–Kier alpha value is -0.860. The summed E-state index contributed by atoms with van der Waals surface area (Å²) in [4.78, 5) is 23.6. The zero-order chi connectivity index (χ0) is 15.4. The molecule has 5 rings (SSSR count). The molecule has 4 saturated carbocycles. The van der Waals surface area contributed by atoms with Gasteiger partial charge in [0.2, 0.25) is 0 Å². The largest absolute Gasteiger partial charge is 0.276 e. The number of carbonyl (C=O) groups is 2. The molecule has 0 N–H and O–H groups in total. The lowest BCUT2D eigenvalue weighted by molar-refractivity contribution is -0.00296. The highest BCUT2D eigenvalue weighted by Crippen LogP contribution is 2.60. The van der Waals surface area contributed by atoms with Gasteiger partial charge in [-0.05, 0) is 96.5 Å². The van der Waals surface area contributed by atoms with Crippen LogP contribution in [0.3, 0.4) is 0 Å². The number of hydrogen-bond acceptors (Lipinski definition) is 2. The van der Waals surface area contributed by atoms with Crippen LogP contribution in [0.15, 0.2) is 18.2 Å². The van der Waals surface area contributed by atoms with Crippen LogP contribution in [0.5, 0.6) is 0 Å². The first-order chi connectivity index (χ1) is 10.5. The number of rotatable bonds is 3. The fraction of sp³-hybridized carbons (Fsp3) is 0.556. The molecule has 0 saturated heterocycles. The first-order valence-electron chi connectivity index (χ1n) is 8.07. The van der Waals surface area contributed by atoms with Crippen LogP contribution in [0, 0.1) is 23.7 Å². The summed E-state index contributed by atoms with van der Waals surface area (Å²) in [6.07, 6.45) is 6.42. The molecule has 0 spiro atoms. The van der Waals surface area contributed by atoms with E-state index in [-0.39, 0.29) is 5.56 Å². The molecule has 4 fully saturated rings. The molecule has 0 radical (unpaired) electrons. The van der Waals surface area contributed by atoms with Crippen LogP contribution >= 0.6 is 23.2 Å². The Morgan fingerprint density at radius 2 is 1.45 bits per heavy atom. The van der Waals surface area contributed by atoms with Crippen molar-refractivity contribution < 1.29 is 9.59 Å². The minimum absolute atomic E-state index is 0.257. The zero-order valence-corrected chi connectivity index (χ0v) is 13.7. The maximum Gasteiger partial charge on any atom is 0.253 e. The highest BCUT2D eigenvalue weighted by atomic mass is 35.5. The van der Waals surface area contributed by atoms with Gasteiger partial charge in [0.15, 0.2) is 0 Å². The lowest BCUT2D eigenvalue weighted by Gasteiger charge is -2.55. The third kappa shape index (κ3) is 2.23. The average molecular weight is 337 g/mol. The van der Waals surface area contributed by atoms with Crippen LogP contribution in [-0.4, -0.2) is 10.5 Å². The second-order valence-electron chi connectivity index (χ2n) is 7.27. The number of halogens is 2. The lowest BCUT2D eigenvalue weighted by atomic mass is 9.50. The minimum atomic E-state index is -0.602. The van der Waals surface area contributed by atoms with Gasteiger partial charge < -0.3 is 0 Å². The second kappa shape index (κ2) is 5.35. The van der Waals surface area contributed by atoms with E-state index in [0.717, 1.165) is 17.4 Å². The van der Waals surface area contributed by atoms with E-state index in [0.29, 0.717) is 23.3 Å². The summed E-state index contributed by atoms with van der Waals surface area (Å²) in [5, 5.41) is -1.16. The fourth-order valence-electron chi connectivity index (χ4n) is 5.66. The van der Waals surface area contributed by atoms with Gasteiger partial charge >= 0.3 is 0 Å². The van der Waals surface area contributed by atoms with Crippen LogP contribution < -0.4 is 0 Å². The van der Waals surface area contributed by atoms with Gasteiger partial charge in [0.05, 0.1) is 0 Å². The first-order valence-corrected chi connectivity index (χ1v) is 8.82. The van der Waals surface area contributed by atoms with Crippen molar-refractivity contribution in [2.24, 2.45) is 23.7 Å². The van der Waals surface area contributed by atoms with E-state index in [4.69, 9.17) is 23.2 Å². The lowest BCUT2D eigenvalue weighted by Crippen LogP contribution is -2.44. The van der Waals surface area contributed by atoms with Gasteiger partial charge in [0, 0.05) is 11.1 Å². The van der Waals surface area contributed by atoms with Gasteiger partial charge in [0.25, 0.3) is 10.5 Å². The van der Waals surface area contributed by atoms with Gasteiger partial charge in [0.1, 0.15) is 0 Å². The van der Waals surface area contributed by atoms with E-state index in [1.165, 1.54) is 32.1 Å². The van der Waals surface area contributed by atoms with Gasteiger partial charge in [-0.1, -0.05) is 12.1 Å². The Morgan fingerprint density at radius 1 is 0.864 bits per heavy atom. The van der Waals surface area contributed by atoms with Gasteiger partial charge in [-0.3, -0.25) is 9.59 Å². The highest BCUT2D eigenvalue weighted by Gasteiger charge is 2.49. The van der Waals surface area contributed by atoms with E-state index >= 15 is 0 Å². The quantitative estimate of drug-likeness (QED) is 0.729. The van der Waals surface area contributed by atoms with E-state index in [9.17, 15) is 9.59 Å². The van der Waals surface area contributed by atoms with E-state index in [2.05, 4.69) is 0 Å². The molecule has 2 nitrogen and oxygen atoms in total. The van der Waals surface area contributed by atoms with Gasteiger partial charge in [-0.15, -0.1) is 0 Å². The molecule has 22 heavy (non-hydrogen) atoms. The van der Waals surface area contributed by atoms with Crippen LogP contribution in [0.2, 0.25) is 0 Å². The summed E-state index contributed by atoms with van der Waals surface area (Å²) < 4.78 is 0. The summed E-state index contributed by atoms with van der Waals surface area (Å²) in [6.45, 7) is 0. The van der Waals surface area contributed by atoms with Crippen molar-refractivity contribution in [2.45, 2.75) is 38.0 Å².